The first kappa shape index (κ1) is 13.4. The normalized spacial score (nSPS) is 14.5. The predicted molar refractivity (Wildman–Crippen MR) is 80.7 cm³/mol. The number of furan rings is 1. The minimum atomic E-state index is -0.480. The topological polar surface area (TPSA) is 68.0 Å². The fourth-order valence-corrected chi connectivity index (χ4v) is 3.27. The zero-order valence-electron chi connectivity index (χ0n) is 11.7. The second kappa shape index (κ2) is 4.88. The van der Waals surface area contributed by atoms with Gasteiger partial charge in [-0.2, -0.15) is 0 Å². The van der Waals surface area contributed by atoms with Gasteiger partial charge < -0.3 is 4.42 Å². The fraction of sp³-hybridized carbons (Fsp3) is 0.267. The Morgan fingerprint density at radius 3 is 2.95 bits per heavy atom. The summed E-state index contributed by atoms with van der Waals surface area (Å²) in [4.78, 5) is 12.3. The number of halogens is 1. The van der Waals surface area contributed by atoms with E-state index in [9.17, 15) is 9.18 Å². The lowest BCUT2D eigenvalue weighted by Crippen LogP contribution is -2.11. The average molecular weight is 317 g/mol. The molecule has 2 aromatic heterocycles. The summed E-state index contributed by atoms with van der Waals surface area (Å²) >= 11 is 1.37. The van der Waals surface area contributed by atoms with Gasteiger partial charge in [0.05, 0.1) is 0 Å². The van der Waals surface area contributed by atoms with Crippen LogP contribution in [-0.2, 0) is 0 Å². The van der Waals surface area contributed by atoms with Crippen molar-refractivity contribution < 1.29 is 13.6 Å². The molecule has 0 saturated heterocycles. The molecule has 22 heavy (non-hydrogen) atoms. The lowest BCUT2D eigenvalue weighted by molar-refractivity contribution is 0.0997. The standard InChI is InChI=1S/C15H12FN3O2S/c1-7-9-3-2-4-10(16)12(9)21-11(7)13(20)17-15-19-18-14(22-15)8-5-6-8/h2-4,8H,5-6H2,1H3,(H,17,19,20). The van der Waals surface area contributed by atoms with Crippen molar-refractivity contribution in [1.29, 1.82) is 0 Å². The highest BCUT2D eigenvalue weighted by Crippen LogP contribution is 2.42. The predicted octanol–water partition coefficient (Wildman–Crippen LogP) is 3.86. The highest BCUT2D eigenvalue weighted by Gasteiger charge is 2.28. The second-order valence-corrected chi connectivity index (χ2v) is 6.36. The maximum atomic E-state index is 13.7. The Hall–Kier alpha value is -2.28. The van der Waals surface area contributed by atoms with Gasteiger partial charge in [-0.15, -0.1) is 10.2 Å². The number of hydrogen-bond donors (Lipinski definition) is 1. The molecule has 112 valence electrons. The molecule has 1 amide bonds. The van der Waals surface area contributed by atoms with Crippen molar-refractivity contribution in [2.45, 2.75) is 25.7 Å². The van der Waals surface area contributed by atoms with Gasteiger partial charge in [0.2, 0.25) is 5.13 Å². The Bertz CT molecular complexity index is 882. The van der Waals surface area contributed by atoms with E-state index in [4.69, 9.17) is 4.42 Å². The van der Waals surface area contributed by atoms with Gasteiger partial charge in [0.25, 0.3) is 5.91 Å². The maximum Gasteiger partial charge on any atom is 0.293 e. The molecule has 1 aliphatic carbocycles. The van der Waals surface area contributed by atoms with Crippen LogP contribution in [0.25, 0.3) is 11.0 Å². The molecular formula is C15H12FN3O2S. The van der Waals surface area contributed by atoms with E-state index in [1.54, 1.807) is 19.1 Å². The molecule has 1 saturated carbocycles. The monoisotopic (exact) mass is 317 g/mol. The van der Waals surface area contributed by atoms with Crippen LogP contribution in [0.3, 0.4) is 0 Å². The number of para-hydroxylation sites is 1. The Balaban J connectivity index is 1.64. The number of nitrogens with zero attached hydrogens (tertiary/aromatic N) is 2. The number of fused-ring (bicyclic) bond motifs is 1. The van der Waals surface area contributed by atoms with Crippen molar-refractivity contribution in [2.24, 2.45) is 0 Å². The van der Waals surface area contributed by atoms with Crippen LogP contribution in [0.5, 0.6) is 0 Å². The van der Waals surface area contributed by atoms with Crippen LogP contribution in [0.1, 0.15) is 39.9 Å². The number of nitrogens with one attached hydrogen (secondary N) is 1. The molecule has 0 aliphatic heterocycles. The molecule has 1 aromatic carbocycles. The number of benzene rings is 1. The minimum Gasteiger partial charge on any atom is -0.448 e. The van der Waals surface area contributed by atoms with E-state index < -0.39 is 11.7 Å². The van der Waals surface area contributed by atoms with Gasteiger partial charge in [0.15, 0.2) is 17.2 Å². The van der Waals surface area contributed by atoms with Crippen molar-refractivity contribution in [1.82, 2.24) is 10.2 Å². The molecule has 5 nitrogen and oxygen atoms in total. The second-order valence-electron chi connectivity index (χ2n) is 5.35. The van der Waals surface area contributed by atoms with E-state index in [2.05, 4.69) is 15.5 Å². The molecule has 0 radical (unpaired) electrons. The number of carbonyl (C=O) groups is 1. The number of aryl methyl sites for hydroxylation is 1. The zero-order chi connectivity index (χ0) is 15.3. The van der Waals surface area contributed by atoms with Crippen LogP contribution in [-0.4, -0.2) is 16.1 Å². The van der Waals surface area contributed by atoms with Crippen LogP contribution in [0.4, 0.5) is 9.52 Å². The van der Waals surface area contributed by atoms with E-state index in [1.807, 2.05) is 0 Å². The first-order chi connectivity index (χ1) is 10.6. The summed E-state index contributed by atoms with van der Waals surface area (Å²) < 4.78 is 19.1. The number of carbonyl (C=O) groups excluding carboxylic acids is 1. The molecule has 0 bridgehead atoms. The van der Waals surface area contributed by atoms with Gasteiger partial charge in [0.1, 0.15) is 5.01 Å². The lowest BCUT2D eigenvalue weighted by atomic mass is 10.1. The lowest BCUT2D eigenvalue weighted by Gasteiger charge is -1.98. The molecular weight excluding hydrogens is 305 g/mol. The van der Waals surface area contributed by atoms with Crippen molar-refractivity contribution >= 4 is 33.3 Å². The molecule has 1 aliphatic rings. The molecule has 0 atom stereocenters. The maximum absolute atomic E-state index is 13.7. The van der Waals surface area contributed by atoms with E-state index in [-0.39, 0.29) is 11.3 Å². The number of rotatable bonds is 3. The fourth-order valence-electron chi connectivity index (χ4n) is 2.36. The summed E-state index contributed by atoms with van der Waals surface area (Å²) in [5, 5.41) is 12.7. The number of aromatic nitrogens is 2. The Kier molecular flexibility index (Phi) is 2.97. The van der Waals surface area contributed by atoms with Crippen molar-refractivity contribution in [3.8, 4) is 0 Å². The number of amides is 1. The summed E-state index contributed by atoms with van der Waals surface area (Å²) in [5.74, 6) is -0.327. The number of hydrogen-bond acceptors (Lipinski definition) is 5. The van der Waals surface area contributed by atoms with Crippen LogP contribution in [0.2, 0.25) is 0 Å². The molecule has 3 aromatic rings. The quantitative estimate of drug-likeness (QED) is 0.796. The summed E-state index contributed by atoms with van der Waals surface area (Å²) in [6.07, 6.45) is 2.26. The van der Waals surface area contributed by atoms with Gasteiger partial charge >= 0.3 is 0 Å². The molecule has 0 spiro atoms. The van der Waals surface area contributed by atoms with Crippen LogP contribution < -0.4 is 5.32 Å². The van der Waals surface area contributed by atoms with Crippen LogP contribution in [0.15, 0.2) is 22.6 Å². The molecule has 1 fully saturated rings. The summed E-state index contributed by atoms with van der Waals surface area (Å²) in [7, 11) is 0. The van der Waals surface area contributed by atoms with Crippen molar-refractivity contribution in [2.75, 3.05) is 5.32 Å². The number of anilines is 1. The van der Waals surface area contributed by atoms with Crippen LogP contribution in [0, 0.1) is 12.7 Å². The molecule has 1 N–H and O–H groups in total. The van der Waals surface area contributed by atoms with Crippen LogP contribution >= 0.6 is 11.3 Å². The Morgan fingerprint density at radius 2 is 2.23 bits per heavy atom. The summed E-state index contributed by atoms with van der Waals surface area (Å²) in [5.41, 5.74) is 0.708. The van der Waals surface area contributed by atoms with Gasteiger partial charge in [-0.3, -0.25) is 10.1 Å². The summed E-state index contributed by atoms with van der Waals surface area (Å²) in [6.45, 7) is 1.73. The first-order valence-corrected chi connectivity index (χ1v) is 7.77. The highest BCUT2D eigenvalue weighted by atomic mass is 32.1. The Labute approximate surface area is 129 Å². The molecule has 0 unspecified atom stereocenters. The zero-order valence-corrected chi connectivity index (χ0v) is 12.5. The van der Waals surface area contributed by atoms with Gasteiger partial charge in [0, 0.05) is 16.9 Å². The highest BCUT2D eigenvalue weighted by molar-refractivity contribution is 7.15. The Morgan fingerprint density at radius 1 is 1.41 bits per heavy atom. The van der Waals surface area contributed by atoms with Gasteiger partial charge in [-0.25, -0.2) is 4.39 Å². The first-order valence-electron chi connectivity index (χ1n) is 6.96. The minimum absolute atomic E-state index is 0.0982. The average Bonchev–Trinajstić information content (AvgIpc) is 3.15. The molecule has 2 heterocycles. The van der Waals surface area contributed by atoms with E-state index >= 15 is 0 Å². The van der Waals surface area contributed by atoms with E-state index in [0.717, 1.165) is 17.8 Å². The van der Waals surface area contributed by atoms with E-state index in [1.165, 1.54) is 17.4 Å². The summed E-state index contributed by atoms with van der Waals surface area (Å²) in [6, 6.07) is 4.62. The van der Waals surface area contributed by atoms with E-state index in [0.29, 0.717) is 22.0 Å². The third-order valence-corrected chi connectivity index (χ3v) is 4.71. The molecule has 4 rings (SSSR count). The van der Waals surface area contributed by atoms with Gasteiger partial charge in [-0.1, -0.05) is 23.5 Å². The molecule has 7 heteroatoms. The SMILES string of the molecule is Cc1c(C(=O)Nc2nnc(C3CC3)s2)oc2c(F)cccc12. The third-order valence-electron chi connectivity index (χ3n) is 3.71. The van der Waals surface area contributed by atoms with Crippen molar-refractivity contribution in [3.05, 3.63) is 40.3 Å². The largest absolute Gasteiger partial charge is 0.448 e. The van der Waals surface area contributed by atoms with Gasteiger partial charge in [-0.05, 0) is 25.8 Å². The van der Waals surface area contributed by atoms with Crippen molar-refractivity contribution in [3.63, 3.8) is 0 Å². The smallest absolute Gasteiger partial charge is 0.293 e. The third kappa shape index (κ3) is 2.18.